The van der Waals surface area contributed by atoms with Gasteiger partial charge in [-0.15, -0.1) is 0 Å². The minimum atomic E-state index is -0.211. The van der Waals surface area contributed by atoms with Crippen LogP contribution in [0.25, 0.3) is 0 Å². The third kappa shape index (κ3) is 2.02. The molecule has 0 radical (unpaired) electrons. The molecule has 4 heteroatoms. The van der Waals surface area contributed by atoms with Gasteiger partial charge in [-0.05, 0) is 31.4 Å². The molecule has 2 atom stereocenters. The van der Waals surface area contributed by atoms with Crippen LogP contribution < -0.4 is 11.3 Å². The zero-order chi connectivity index (χ0) is 10.7. The summed E-state index contributed by atoms with van der Waals surface area (Å²) in [5, 5.41) is 0. The maximum absolute atomic E-state index is 5.78. The van der Waals surface area contributed by atoms with Gasteiger partial charge in [0.2, 0.25) is 0 Å². The minimum Gasteiger partial charge on any atom is -0.373 e. The fourth-order valence-corrected chi connectivity index (χ4v) is 2.20. The molecule has 0 aliphatic carbocycles. The maximum Gasteiger partial charge on any atom is 0.0862 e. The Labute approximate surface area is 89.8 Å². The smallest absolute Gasteiger partial charge is 0.0862 e. The van der Waals surface area contributed by atoms with Crippen molar-refractivity contribution in [3.63, 3.8) is 0 Å². The highest BCUT2D eigenvalue weighted by Gasteiger charge is 2.38. The highest BCUT2D eigenvalue weighted by Crippen LogP contribution is 2.36. The molecule has 1 aliphatic heterocycles. The molecule has 1 aromatic heterocycles. The SMILES string of the molecule is CC1(C(NN)c2cccnc2)CCCO1. The van der Waals surface area contributed by atoms with E-state index in [1.165, 1.54) is 0 Å². The second-order valence-electron chi connectivity index (χ2n) is 4.15. The molecule has 0 aromatic carbocycles. The maximum atomic E-state index is 5.78. The van der Waals surface area contributed by atoms with Crippen molar-refractivity contribution in [3.05, 3.63) is 30.1 Å². The van der Waals surface area contributed by atoms with Crippen molar-refractivity contribution in [1.82, 2.24) is 10.4 Å². The predicted molar refractivity (Wildman–Crippen MR) is 57.9 cm³/mol. The molecule has 1 aliphatic rings. The van der Waals surface area contributed by atoms with Crippen LogP contribution in [0.3, 0.4) is 0 Å². The lowest BCUT2D eigenvalue weighted by molar-refractivity contribution is -0.0126. The number of aromatic nitrogens is 1. The molecule has 1 saturated heterocycles. The zero-order valence-corrected chi connectivity index (χ0v) is 8.94. The Kier molecular flexibility index (Phi) is 3.00. The lowest BCUT2D eigenvalue weighted by Gasteiger charge is -2.32. The van der Waals surface area contributed by atoms with Gasteiger partial charge in [-0.3, -0.25) is 16.3 Å². The molecule has 15 heavy (non-hydrogen) atoms. The molecule has 0 amide bonds. The number of hydrogen-bond donors (Lipinski definition) is 2. The average molecular weight is 207 g/mol. The number of hydrogen-bond acceptors (Lipinski definition) is 4. The van der Waals surface area contributed by atoms with Crippen LogP contribution in [0, 0.1) is 0 Å². The fourth-order valence-electron chi connectivity index (χ4n) is 2.20. The summed E-state index contributed by atoms with van der Waals surface area (Å²) in [5.74, 6) is 5.61. The van der Waals surface area contributed by atoms with E-state index in [4.69, 9.17) is 10.6 Å². The van der Waals surface area contributed by atoms with Gasteiger partial charge in [0.15, 0.2) is 0 Å². The first-order valence-electron chi connectivity index (χ1n) is 5.26. The van der Waals surface area contributed by atoms with E-state index < -0.39 is 0 Å². The largest absolute Gasteiger partial charge is 0.373 e. The van der Waals surface area contributed by atoms with E-state index in [2.05, 4.69) is 17.3 Å². The first-order valence-corrected chi connectivity index (χ1v) is 5.26. The molecule has 1 fully saturated rings. The summed E-state index contributed by atoms with van der Waals surface area (Å²) in [6, 6.07) is 3.94. The number of hydrazine groups is 1. The van der Waals surface area contributed by atoms with Crippen LogP contribution in [-0.2, 0) is 4.74 Å². The normalized spacial score (nSPS) is 27.9. The van der Waals surface area contributed by atoms with Gasteiger partial charge in [0.25, 0.3) is 0 Å². The van der Waals surface area contributed by atoms with Crippen LogP contribution in [0.2, 0.25) is 0 Å². The number of ether oxygens (including phenoxy) is 1. The minimum absolute atomic E-state index is 0.00806. The summed E-state index contributed by atoms with van der Waals surface area (Å²) in [4.78, 5) is 4.10. The molecule has 1 aromatic rings. The van der Waals surface area contributed by atoms with Crippen LogP contribution in [0.5, 0.6) is 0 Å². The number of pyridine rings is 1. The van der Waals surface area contributed by atoms with E-state index in [9.17, 15) is 0 Å². The summed E-state index contributed by atoms with van der Waals surface area (Å²) in [5.41, 5.74) is 3.70. The Hall–Kier alpha value is -0.970. The fraction of sp³-hybridized carbons (Fsp3) is 0.545. The Balaban J connectivity index is 2.24. The van der Waals surface area contributed by atoms with E-state index in [1.807, 2.05) is 18.3 Å². The van der Waals surface area contributed by atoms with Gasteiger partial charge in [0.05, 0.1) is 11.6 Å². The van der Waals surface area contributed by atoms with Crippen LogP contribution in [0.4, 0.5) is 0 Å². The lowest BCUT2D eigenvalue weighted by atomic mass is 9.89. The third-order valence-electron chi connectivity index (χ3n) is 3.04. The number of nitrogens with one attached hydrogen (secondary N) is 1. The van der Waals surface area contributed by atoms with Crippen molar-refractivity contribution in [2.24, 2.45) is 5.84 Å². The van der Waals surface area contributed by atoms with Crippen molar-refractivity contribution in [2.45, 2.75) is 31.4 Å². The summed E-state index contributed by atoms with van der Waals surface area (Å²) < 4.78 is 5.78. The van der Waals surface area contributed by atoms with E-state index in [0.29, 0.717) is 0 Å². The molecule has 0 spiro atoms. The molecule has 2 heterocycles. The molecule has 0 bridgehead atoms. The van der Waals surface area contributed by atoms with Crippen molar-refractivity contribution in [1.29, 1.82) is 0 Å². The van der Waals surface area contributed by atoms with Gasteiger partial charge in [-0.2, -0.15) is 0 Å². The van der Waals surface area contributed by atoms with Crippen molar-refractivity contribution in [2.75, 3.05) is 6.61 Å². The molecule has 2 unspecified atom stereocenters. The summed E-state index contributed by atoms with van der Waals surface area (Å²) >= 11 is 0. The molecule has 4 nitrogen and oxygen atoms in total. The van der Waals surface area contributed by atoms with Crippen molar-refractivity contribution >= 4 is 0 Å². The van der Waals surface area contributed by atoms with Gasteiger partial charge in [0, 0.05) is 19.0 Å². The van der Waals surface area contributed by atoms with Crippen molar-refractivity contribution in [3.8, 4) is 0 Å². The molecule has 82 valence electrons. The van der Waals surface area contributed by atoms with Crippen LogP contribution >= 0.6 is 0 Å². The number of rotatable bonds is 3. The van der Waals surface area contributed by atoms with Gasteiger partial charge >= 0.3 is 0 Å². The van der Waals surface area contributed by atoms with Gasteiger partial charge in [-0.25, -0.2) is 0 Å². The van der Waals surface area contributed by atoms with E-state index in [0.717, 1.165) is 25.0 Å². The van der Waals surface area contributed by atoms with Crippen LogP contribution in [-0.4, -0.2) is 17.2 Å². The first-order chi connectivity index (χ1) is 7.26. The summed E-state index contributed by atoms with van der Waals surface area (Å²) in [6.45, 7) is 2.91. The average Bonchev–Trinajstić information content (AvgIpc) is 2.68. The van der Waals surface area contributed by atoms with Crippen LogP contribution in [0.1, 0.15) is 31.4 Å². The first kappa shape index (κ1) is 10.5. The highest BCUT2D eigenvalue weighted by atomic mass is 16.5. The topological polar surface area (TPSA) is 60.2 Å². The predicted octanol–water partition coefficient (Wildman–Crippen LogP) is 1.16. The third-order valence-corrected chi connectivity index (χ3v) is 3.04. The quantitative estimate of drug-likeness (QED) is 0.576. The lowest BCUT2D eigenvalue weighted by Crippen LogP contribution is -2.44. The number of nitrogens with zero attached hydrogens (tertiary/aromatic N) is 1. The monoisotopic (exact) mass is 207 g/mol. The van der Waals surface area contributed by atoms with Crippen LogP contribution in [0.15, 0.2) is 24.5 Å². The molecule has 3 N–H and O–H groups in total. The Morgan fingerprint density at radius 1 is 1.67 bits per heavy atom. The van der Waals surface area contributed by atoms with Gasteiger partial charge in [-0.1, -0.05) is 6.07 Å². The van der Waals surface area contributed by atoms with E-state index in [-0.39, 0.29) is 11.6 Å². The highest BCUT2D eigenvalue weighted by molar-refractivity contribution is 5.18. The number of nitrogens with two attached hydrogens (primary N) is 1. The van der Waals surface area contributed by atoms with E-state index >= 15 is 0 Å². The Morgan fingerprint density at radius 2 is 2.53 bits per heavy atom. The summed E-state index contributed by atoms with van der Waals surface area (Å²) in [6.07, 6.45) is 5.71. The molecular formula is C11H17N3O. The Bertz CT molecular complexity index is 309. The standard InChI is InChI=1S/C11H17N3O/c1-11(5-3-7-15-11)10(14-12)9-4-2-6-13-8-9/h2,4,6,8,10,14H,3,5,7,12H2,1H3. The Morgan fingerprint density at radius 3 is 3.07 bits per heavy atom. The zero-order valence-electron chi connectivity index (χ0n) is 8.94. The summed E-state index contributed by atoms with van der Waals surface area (Å²) in [7, 11) is 0. The van der Waals surface area contributed by atoms with Gasteiger partial charge < -0.3 is 4.74 Å². The van der Waals surface area contributed by atoms with Crippen molar-refractivity contribution < 1.29 is 4.74 Å². The second-order valence-corrected chi connectivity index (χ2v) is 4.15. The second kappa shape index (κ2) is 4.26. The van der Waals surface area contributed by atoms with Gasteiger partial charge in [0.1, 0.15) is 0 Å². The molecule has 0 saturated carbocycles. The molecule has 2 rings (SSSR count). The molecular weight excluding hydrogens is 190 g/mol. The van der Waals surface area contributed by atoms with E-state index in [1.54, 1.807) is 6.20 Å².